The van der Waals surface area contributed by atoms with Crippen molar-refractivity contribution >= 4 is 23.2 Å². The molecule has 0 radical (unpaired) electrons. The molecule has 0 aliphatic rings. The third kappa shape index (κ3) is 4.84. The van der Waals surface area contributed by atoms with Crippen LogP contribution in [-0.4, -0.2) is 15.5 Å². The summed E-state index contributed by atoms with van der Waals surface area (Å²) in [5.41, 5.74) is 1.50. The van der Waals surface area contributed by atoms with E-state index < -0.39 is 11.7 Å². The van der Waals surface area contributed by atoms with Crippen LogP contribution < -0.4 is 10.9 Å². The number of carbonyl (C=O) groups is 1. The summed E-state index contributed by atoms with van der Waals surface area (Å²) in [5, 5.41) is 3.22. The van der Waals surface area contributed by atoms with E-state index in [0.29, 0.717) is 34.2 Å². The Morgan fingerprint density at radius 1 is 1.14 bits per heavy atom. The van der Waals surface area contributed by atoms with Crippen LogP contribution in [0.1, 0.15) is 19.0 Å². The second-order valence-electron chi connectivity index (χ2n) is 6.31. The van der Waals surface area contributed by atoms with Crippen molar-refractivity contribution in [2.24, 2.45) is 0 Å². The number of nitrogens with zero attached hydrogens (tertiary/aromatic N) is 2. The Labute approximate surface area is 166 Å². The summed E-state index contributed by atoms with van der Waals surface area (Å²) < 4.78 is 14.3. The number of amides is 1. The Kier molecular flexibility index (Phi) is 6.21. The summed E-state index contributed by atoms with van der Waals surface area (Å²) in [6.45, 7) is 1.79. The maximum atomic E-state index is 13.0. The van der Waals surface area contributed by atoms with Crippen molar-refractivity contribution in [3.05, 3.63) is 81.5 Å². The van der Waals surface area contributed by atoms with Crippen molar-refractivity contribution < 1.29 is 9.18 Å². The van der Waals surface area contributed by atoms with Gasteiger partial charge in [-0.25, -0.2) is 9.37 Å². The monoisotopic (exact) mass is 399 g/mol. The number of hydrogen-bond acceptors (Lipinski definition) is 3. The van der Waals surface area contributed by atoms with Gasteiger partial charge < -0.3 is 5.32 Å². The lowest BCUT2D eigenvalue weighted by atomic mass is 10.2. The normalized spacial score (nSPS) is 10.7. The first-order valence-electron chi connectivity index (χ1n) is 8.88. The highest BCUT2D eigenvalue weighted by atomic mass is 35.5. The molecule has 0 spiro atoms. The predicted molar refractivity (Wildman–Crippen MR) is 108 cm³/mol. The predicted octanol–water partition coefficient (Wildman–Crippen LogP) is 4.29. The first-order valence-corrected chi connectivity index (χ1v) is 9.26. The molecule has 0 bridgehead atoms. The summed E-state index contributed by atoms with van der Waals surface area (Å²) in [6.07, 6.45) is 1.51. The van der Waals surface area contributed by atoms with Gasteiger partial charge in [0.15, 0.2) is 0 Å². The molecule has 0 aliphatic heterocycles. The second-order valence-corrected chi connectivity index (χ2v) is 6.74. The number of rotatable bonds is 6. The average Bonchev–Trinajstić information content (AvgIpc) is 2.66. The molecule has 0 fully saturated rings. The maximum absolute atomic E-state index is 13.0. The number of nitrogens with one attached hydrogen (secondary N) is 1. The van der Waals surface area contributed by atoms with Crippen molar-refractivity contribution in [2.45, 2.75) is 26.3 Å². The Bertz CT molecular complexity index is 1030. The summed E-state index contributed by atoms with van der Waals surface area (Å²) in [7, 11) is 0. The molecule has 0 saturated heterocycles. The van der Waals surface area contributed by atoms with Crippen molar-refractivity contribution in [1.82, 2.24) is 9.55 Å². The van der Waals surface area contributed by atoms with Gasteiger partial charge >= 0.3 is 0 Å². The smallest absolute Gasteiger partial charge is 0.254 e. The van der Waals surface area contributed by atoms with Crippen molar-refractivity contribution in [1.29, 1.82) is 0 Å². The second kappa shape index (κ2) is 8.80. The van der Waals surface area contributed by atoms with E-state index in [-0.39, 0.29) is 12.1 Å². The fourth-order valence-corrected chi connectivity index (χ4v) is 2.91. The molecule has 144 valence electrons. The summed E-state index contributed by atoms with van der Waals surface area (Å²) in [4.78, 5) is 29.7. The van der Waals surface area contributed by atoms with Gasteiger partial charge in [0.2, 0.25) is 5.91 Å². The fraction of sp³-hybridized carbons (Fsp3) is 0.190. The molecule has 2 aromatic carbocycles. The molecule has 0 aliphatic carbocycles. The minimum Gasteiger partial charge on any atom is -0.325 e. The highest BCUT2D eigenvalue weighted by Gasteiger charge is 2.14. The Morgan fingerprint density at radius 2 is 1.82 bits per heavy atom. The SMILES string of the molecule is CCCc1cc(=O)n(CC(=O)Nc2ccc(F)cc2)c(-c2ccc(Cl)cc2)n1. The van der Waals surface area contributed by atoms with Crippen LogP contribution in [0.15, 0.2) is 59.4 Å². The summed E-state index contributed by atoms with van der Waals surface area (Å²) >= 11 is 5.96. The number of aryl methyl sites for hydroxylation is 1. The minimum absolute atomic E-state index is 0.215. The summed E-state index contributed by atoms with van der Waals surface area (Å²) in [6, 6.07) is 13.8. The molecule has 1 N–H and O–H groups in total. The van der Waals surface area contributed by atoms with Crippen LogP contribution in [0.3, 0.4) is 0 Å². The van der Waals surface area contributed by atoms with Crippen LogP contribution in [0.2, 0.25) is 5.02 Å². The van der Waals surface area contributed by atoms with Gasteiger partial charge in [0.05, 0.1) is 0 Å². The van der Waals surface area contributed by atoms with Crippen molar-refractivity contribution in [3.8, 4) is 11.4 Å². The third-order valence-corrected chi connectivity index (χ3v) is 4.35. The van der Waals surface area contributed by atoms with Crippen LogP contribution in [0.25, 0.3) is 11.4 Å². The van der Waals surface area contributed by atoms with E-state index in [4.69, 9.17) is 11.6 Å². The van der Waals surface area contributed by atoms with E-state index in [1.165, 1.54) is 34.9 Å². The zero-order valence-corrected chi connectivity index (χ0v) is 16.0. The largest absolute Gasteiger partial charge is 0.325 e. The lowest BCUT2D eigenvalue weighted by Gasteiger charge is -2.14. The molecule has 28 heavy (non-hydrogen) atoms. The van der Waals surface area contributed by atoms with E-state index in [9.17, 15) is 14.0 Å². The van der Waals surface area contributed by atoms with Crippen LogP contribution in [0.4, 0.5) is 10.1 Å². The van der Waals surface area contributed by atoms with Gasteiger partial charge in [-0.1, -0.05) is 24.9 Å². The van der Waals surface area contributed by atoms with E-state index in [0.717, 1.165) is 6.42 Å². The van der Waals surface area contributed by atoms with Gasteiger partial charge in [0.25, 0.3) is 5.56 Å². The fourth-order valence-electron chi connectivity index (χ4n) is 2.79. The number of halogens is 2. The van der Waals surface area contributed by atoms with Crippen LogP contribution >= 0.6 is 11.6 Å². The zero-order chi connectivity index (χ0) is 20.1. The van der Waals surface area contributed by atoms with E-state index >= 15 is 0 Å². The quantitative estimate of drug-likeness (QED) is 0.672. The van der Waals surface area contributed by atoms with Gasteiger partial charge in [0.1, 0.15) is 18.2 Å². The molecule has 1 amide bonds. The van der Waals surface area contributed by atoms with E-state index in [1.54, 1.807) is 24.3 Å². The number of hydrogen-bond donors (Lipinski definition) is 1. The molecule has 1 aromatic heterocycles. The van der Waals surface area contributed by atoms with Gasteiger partial charge in [-0.3, -0.25) is 14.2 Å². The number of aromatic nitrogens is 2. The first-order chi connectivity index (χ1) is 13.5. The average molecular weight is 400 g/mol. The highest BCUT2D eigenvalue weighted by molar-refractivity contribution is 6.30. The molecular formula is C21H19ClFN3O2. The standard InChI is InChI=1S/C21H19ClFN3O2/c1-2-3-18-12-20(28)26(21(25-18)14-4-6-15(22)7-5-14)13-19(27)24-17-10-8-16(23)9-11-17/h4-12H,2-3,13H2,1H3,(H,24,27). The molecule has 0 unspecified atom stereocenters. The molecular weight excluding hydrogens is 381 g/mol. The Morgan fingerprint density at radius 3 is 2.46 bits per heavy atom. The van der Waals surface area contributed by atoms with Gasteiger partial charge in [-0.2, -0.15) is 0 Å². The van der Waals surface area contributed by atoms with Gasteiger partial charge in [-0.05, 0) is 55.0 Å². The van der Waals surface area contributed by atoms with Crippen LogP contribution in [-0.2, 0) is 17.8 Å². The van der Waals surface area contributed by atoms with Crippen LogP contribution in [0.5, 0.6) is 0 Å². The van der Waals surface area contributed by atoms with Crippen molar-refractivity contribution in [2.75, 3.05) is 5.32 Å². The topological polar surface area (TPSA) is 64.0 Å². The molecule has 3 rings (SSSR count). The Hall–Kier alpha value is -2.99. The zero-order valence-electron chi connectivity index (χ0n) is 15.3. The van der Waals surface area contributed by atoms with Gasteiger partial charge in [0, 0.05) is 28.0 Å². The molecule has 5 nitrogen and oxygen atoms in total. The van der Waals surface area contributed by atoms with Crippen molar-refractivity contribution in [3.63, 3.8) is 0 Å². The molecule has 0 atom stereocenters. The molecule has 7 heteroatoms. The number of benzene rings is 2. The number of anilines is 1. The minimum atomic E-state index is -0.408. The van der Waals surface area contributed by atoms with Crippen LogP contribution in [0, 0.1) is 5.82 Å². The third-order valence-electron chi connectivity index (χ3n) is 4.10. The van der Waals surface area contributed by atoms with E-state index in [2.05, 4.69) is 10.3 Å². The molecule has 1 heterocycles. The maximum Gasteiger partial charge on any atom is 0.254 e. The first kappa shape index (κ1) is 19.8. The van der Waals surface area contributed by atoms with E-state index in [1.807, 2.05) is 6.92 Å². The highest BCUT2D eigenvalue weighted by Crippen LogP contribution is 2.20. The lowest BCUT2D eigenvalue weighted by molar-refractivity contribution is -0.116. The summed E-state index contributed by atoms with van der Waals surface area (Å²) in [5.74, 6) is -0.397. The molecule has 0 saturated carbocycles. The lowest BCUT2D eigenvalue weighted by Crippen LogP contribution is -2.30. The molecule has 3 aromatic rings. The van der Waals surface area contributed by atoms with Gasteiger partial charge in [-0.15, -0.1) is 0 Å². The number of carbonyl (C=O) groups excluding carboxylic acids is 1. The Balaban J connectivity index is 1.94.